The fraction of sp³-hybridized carbons (Fsp3) is 0.533. The lowest BCUT2D eigenvalue weighted by molar-refractivity contribution is -0.121. The minimum Gasteiger partial charge on any atom is -0.353 e. The summed E-state index contributed by atoms with van der Waals surface area (Å²) in [7, 11) is 0. The number of hydrogen-bond acceptors (Lipinski definition) is 1. The summed E-state index contributed by atoms with van der Waals surface area (Å²) in [4.78, 5) is 11.7. The molecular weight excluding hydrogens is 210 g/mol. The molecule has 17 heavy (non-hydrogen) atoms. The second-order valence-electron chi connectivity index (χ2n) is 4.57. The Morgan fingerprint density at radius 3 is 2.29 bits per heavy atom. The Morgan fingerprint density at radius 1 is 1.18 bits per heavy atom. The second-order valence-corrected chi connectivity index (χ2v) is 4.57. The van der Waals surface area contributed by atoms with E-state index in [1.54, 1.807) is 0 Å². The number of aryl methyl sites for hydroxylation is 2. The lowest BCUT2D eigenvalue weighted by Gasteiger charge is -2.14. The fourth-order valence-corrected chi connectivity index (χ4v) is 1.81. The van der Waals surface area contributed by atoms with E-state index in [1.165, 1.54) is 11.1 Å². The minimum absolute atomic E-state index is 0.166. The molecule has 0 fully saturated rings. The van der Waals surface area contributed by atoms with Crippen LogP contribution in [0.25, 0.3) is 0 Å². The van der Waals surface area contributed by atoms with Gasteiger partial charge in [0.15, 0.2) is 0 Å². The van der Waals surface area contributed by atoms with Gasteiger partial charge < -0.3 is 5.32 Å². The quantitative estimate of drug-likeness (QED) is 0.803. The van der Waals surface area contributed by atoms with Gasteiger partial charge in [-0.3, -0.25) is 4.79 Å². The van der Waals surface area contributed by atoms with E-state index in [2.05, 4.69) is 50.4 Å². The van der Waals surface area contributed by atoms with Gasteiger partial charge in [-0.2, -0.15) is 0 Å². The van der Waals surface area contributed by atoms with Gasteiger partial charge in [-0.25, -0.2) is 0 Å². The molecule has 0 aliphatic carbocycles. The van der Waals surface area contributed by atoms with Crippen molar-refractivity contribution in [3.05, 3.63) is 35.4 Å². The Kier molecular flexibility index (Phi) is 5.75. The molecule has 0 saturated carbocycles. The molecule has 0 unspecified atom stereocenters. The average molecular weight is 233 g/mol. The van der Waals surface area contributed by atoms with Gasteiger partial charge in [0.1, 0.15) is 0 Å². The molecule has 0 bridgehead atoms. The molecule has 1 rings (SSSR count). The van der Waals surface area contributed by atoms with E-state index in [4.69, 9.17) is 0 Å². The van der Waals surface area contributed by atoms with E-state index in [0.29, 0.717) is 12.5 Å². The minimum atomic E-state index is 0.166. The summed E-state index contributed by atoms with van der Waals surface area (Å²) in [5.74, 6) is 0.166. The molecule has 0 saturated heterocycles. The summed E-state index contributed by atoms with van der Waals surface area (Å²) >= 11 is 0. The van der Waals surface area contributed by atoms with Crippen LogP contribution in [0.4, 0.5) is 0 Å². The predicted molar refractivity (Wildman–Crippen MR) is 72.0 cm³/mol. The average Bonchev–Trinajstić information content (AvgIpc) is 2.35. The third kappa shape index (κ3) is 5.03. The van der Waals surface area contributed by atoms with Crippen molar-refractivity contribution in [2.24, 2.45) is 0 Å². The summed E-state index contributed by atoms with van der Waals surface area (Å²) in [6.45, 7) is 6.28. The number of carbonyl (C=O) groups excluding carboxylic acids is 1. The Morgan fingerprint density at radius 2 is 1.76 bits per heavy atom. The molecule has 0 radical (unpaired) electrons. The monoisotopic (exact) mass is 233 g/mol. The largest absolute Gasteiger partial charge is 0.353 e. The first-order valence-electron chi connectivity index (χ1n) is 6.50. The van der Waals surface area contributed by atoms with Crippen molar-refractivity contribution in [1.82, 2.24) is 5.32 Å². The van der Waals surface area contributed by atoms with Crippen molar-refractivity contribution in [3.63, 3.8) is 0 Å². The van der Waals surface area contributed by atoms with Crippen LogP contribution < -0.4 is 5.32 Å². The number of nitrogens with one attached hydrogen (secondary N) is 1. The first-order chi connectivity index (χ1) is 8.15. The summed E-state index contributed by atoms with van der Waals surface area (Å²) in [5, 5.41) is 3.06. The van der Waals surface area contributed by atoms with E-state index in [0.717, 1.165) is 19.3 Å². The van der Waals surface area contributed by atoms with Gasteiger partial charge in [-0.1, -0.05) is 43.7 Å². The van der Waals surface area contributed by atoms with Gasteiger partial charge in [0.25, 0.3) is 0 Å². The van der Waals surface area contributed by atoms with E-state index in [-0.39, 0.29) is 5.91 Å². The maximum Gasteiger partial charge on any atom is 0.220 e. The normalized spacial score (nSPS) is 10.6. The number of benzene rings is 1. The van der Waals surface area contributed by atoms with E-state index in [9.17, 15) is 4.79 Å². The van der Waals surface area contributed by atoms with Crippen molar-refractivity contribution in [2.75, 3.05) is 0 Å². The highest BCUT2D eigenvalue weighted by molar-refractivity contribution is 5.76. The summed E-state index contributed by atoms with van der Waals surface area (Å²) in [5.41, 5.74) is 2.49. The van der Waals surface area contributed by atoms with Crippen molar-refractivity contribution < 1.29 is 4.79 Å². The van der Waals surface area contributed by atoms with Crippen LogP contribution in [0, 0.1) is 6.92 Å². The van der Waals surface area contributed by atoms with E-state index < -0.39 is 0 Å². The number of rotatable bonds is 6. The molecule has 0 atom stereocenters. The Labute approximate surface area is 104 Å². The van der Waals surface area contributed by atoms with Crippen molar-refractivity contribution >= 4 is 5.91 Å². The Balaban J connectivity index is 2.35. The number of carbonyl (C=O) groups is 1. The zero-order valence-electron chi connectivity index (χ0n) is 11.1. The third-order valence-electron chi connectivity index (χ3n) is 3.11. The second kappa shape index (κ2) is 7.10. The van der Waals surface area contributed by atoms with Gasteiger partial charge in [0.05, 0.1) is 0 Å². The van der Waals surface area contributed by atoms with Crippen LogP contribution in [0.3, 0.4) is 0 Å². The van der Waals surface area contributed by atoms with Gasteiger partial charge in [0, 0.05) is 12.5 Å². The van der Waals surface area contributed by atoms with Gasteiger partial charge in [-0.05, 0) is 31.7 Å². The molecule has 0 aliphatic rings. The molecule has 2 heteroatoms. The van der Waals surface area contributed by atoms with Crippen molar-refractivity contribution in [2.45, 2.75) is 52.5 Å². The van der Waals surface area contributed by atoms with Crippen LogP contribution in [0.2, 0.25) is 0 Å². The molecule has 0 heterocycles. The molecule has 0 spiro atoms. The molecule has 1 amide bonds. The highest BCUT2D eigenvalue weighted by Gasteiger charge is 2.07. The summed E-state index contributed by atoms with van der Waals surface area (Å²) in [6, 6.07) is 8.71. The maximum atomic E-state index is 11.7. The third-order valence-corrected chi connectivity index (χ3v) is 3.11. The van der Waals surface area contributed by atoms with Gasteiger partial charge in [-0.15, -0.1) is 0 Å². The molecule has 1 aromatic rings. The first kappa shape index (κ1) is 13.8. The maximum absolute atomic E-state index is 11.7. The SMILES string of the molecule is CCC(CC)NC(=O)CCc1ccc(C)cc1. The van der Waals surface area contributed by atoms with Crippen LogP contribution in [0.15, 0.2) is 24.3 Å². The lowest BCUT2D eigenvalue weighted by Crippen LogP contribution is -2.33. The number of hydrogen-bond donors (Lipinski definition) is 1. The zero-order chi connectivity index (χ0) is 12.7. The topological polar surface area (TPSA) is 29.1 Å². The molecule has 0 aliphatic heterocycles. The zero-order valence-corrected chi connectivity index (χ0v) is 11.1. The molecule has 94 valence electrons. The fourth-order valence-electron chi connectivity index (χ4n) is 1.81. The smallest absolute Gasteiger partial charge is 0.220 e. The standard InChI is InChI=1S/C15H23NO/c1-4-14(5-2)16-15(17)11-10-13-8-6-12(3)7-9-13/h6-9,14H,4-5,10-11H2,1-3H3,(H,16,17). The Hall–Kier alpha value is -1.31. The number of amides is 1. The molecular formula is C15H23NO. The van der Waals surface area contributed by atoms with Gasteiger partial charge in [0.2, 0.25) is 5.91 Å². The van der Waals surface area contributed by atoms with Crippen LogP contribution in [-0.2, 0) is 11.2 Å². The van der Waals surface area contributed by atoms with Crippen LogP contribution in [0.5, 0.6) is 0 Å². The van der Waals surface area contributed by atoms with Crippen LogP contribution in [0.1, 0.15) is 44.2 Å². The van der Waals surface area contributed by atoms with Crippen molar-refractivity contribution in [3.8, 4) is 0 Å². The highest BCUT2D eigenvalue weighted by atomic mass is 16.1. The molecule has 2 nitrogen and oxygen atoms in total. The van der Waals surface area contributed by atoms with E-state index >= 15 is 0 Å². The summed E-state index contributed by atoms with van der Waals surface area (Å²) < 4.78 is 0. The summed E-state index contributed by atoms with van der Waals surface area (Å²) in [6.07, 6.45) is 3.42. The lowest BCUT2D eigenvalue weighted by atomic mass is 10.1. The van der Waals surface area contributed by atoms with Gasteiger partial charge >= 0.3 is 0 Å². The first-order valence-corrected chi connectivity index (χ1v) is 6.50. The molecule has 1 N–H and O–H groups in total. The molecule has 0 aromatic heterocycles. The van der Waals surface area contributed by atoms with Crippen LogP contribution >= 0.6 is 0 Å². The Bertz CT molecular complexity index is 338. The highest BCUT2D eigenvalue weighted by Crippen LogP contribution is 2.06. The molecule has 1 aromatic carbocycles. The predicted octanol–water partition coefficient (Wildman–Crippen LogP) is 3.23. The van der Waals surface area contributed by atoms with E-state index in [1.807, 2.05) is 0 Å². The van der Waals surface area contributed by atoms with Crippen LogP contribution in [-0.4, -0.2) is 11.9 Å². The van der Waals surface area contributed by atoms with Crippen molar-refractivity contribution in [1.29, 1.82) is 0 Å².